The molecule has 0 bridgehead atoms. The van der Waals surface area contributed by atoms with E-state index in [4.69, 9.17) is 14.2 Å². The van der Waals surface area contributed by atoms with Gasteiger partial charge in [-0.2, -0.15) is 0 Å². The van der Waals surface area contributed by atoms with Crippen molar-refractivity contribution < 1.29 is 23.8 Å². The molecule has 0 atom stereocenters. The Bertz CT molecular complexity index is 611. The number of ether oxygens (including phenoxy) is 3. The van der Waals surface area contributed by atoms with Crippen molar-refractivity contribution in [3.05, 3.63) is 23.8 Å². The molecule has 25 heavy (non-hydrogen) atoms. The predicted molar refractivity (Wildman–Crippen MR) is 90.3 cm³/mol. The molecular weight excluding hydrogens is 324 g/mol. The Morgan fingerprint density at radius 1 is 1.04 bits per heavy atom. The molecule has 1 saturated heterocycles. The third-order valence-corrected chi connectivity index (χ3v) is 4.34. The van der Waals surface area contributed by atoms with Gasteiger partial charge in [-0.3, -0.25) is 9.59 Å². The average molecular weight is 348 g/mol. The number of nitrogens with zero attached hydrogens (tertiary/aromatic N) is 1. The lowest BCUT2D eigenvalue weighted by atomic mass is 10.2. The van der Waals surface area contributed by atoms with Gasteiger partial charge in [0.25, 0.3) is 0 Å². The summed E-state index contributed by atoms with van der Waals surface area (Å²) < 4.78 is 15.8. The van der Waals surface area contributed by atoms with E-state index in [1.165, 1.54) is 12.8 Å². The fraction of sp³-hybridized carbons (Fsp3) is 0.556. The first kappa shape index (κ1) is 17.5. The first-order chi connectivity index (χ1) is 12.2. The maximum absolute atomic E-state index is 12.1. The van der Waals surface area contributed by atoms with Gasteiger partial charge in [0.15, 0.2) is 11.5 Å². The highest BCUT2D eigenvalue weighted by atomic mass is 16.7. The third kappa shape index (κ3) is 5.09. The zero-order valence-electron chi connectivity index (χ0n) is 14.3. The van der Waals surface area contributed by atoms with Gasteiger partial charge in [-0.1, -0.05) is 18.9 Å². The number of fused-ring (bicyclic) bond motifs is 1. The topological polar surface area (TPSA) is 77.1 Å². The summed E-state index contributed by atoms with van der Waals surface area (Å²) in [5.41, 5.74) is 0.915. The quantitative estimate of drug-likeness (QED) is 0.842. The smallest absolute Gasteiger partial charge is 0.248 e. The van der Waals surface area contributed by atoms with Crippen LogP contribution in [0.5, 0.6) is 11.5 Å². The molecule has 0 spiro atoms. The van der Waals surface area contributed by atoms with Crippen molar-refractivity contribution in [3.63, 3.8) is 0 Å². The Labute approximate surface area is 147 Å². The van der Waals surface area contributed by atoms with Gasteiger partial charge in [-0.05, 0) is 30.5 Å². The SMILES string of the molecule is O=C(COCC(=O)N1CCCCCC1)NCc1ccc2c(c1)OCO2. The standard InChI is InChI=1S/C18H24N2O5/c21-17(11-23-12-18(22)20-7-3-1-2-4-8-20)19-10-14-5-6-15-16(9-14)25-13-24-15/h5-6,9H,1-4,7-8,10-13H2,(H,19,21). The average Bonchev–Trinajstić information content (AvgIpc) is 2.91. The highest BCUT2D eigenvalue weighted by Gasteiger charge is 2.16. The van der Waals surface area contributed by atoms with Crippen molar-refractivity contribution in [2.45, 2.75) is 32.2 Å². The van der Waals surface area contributed by atoms with Crippen LogP contribution in [0.1, 0.15) is 31.2 Å². The highest BCUT2D eigenvalue weighted by Crippen LogP contribution is 2.32. The van der Waals surface area contributed by atoms with Gasteiger partial charge in [0, 0.05) is 19.6 Å². The maximum Gasteiger partial charge on any atom is 0.248 e. The van der Waals surface area contributed by atoms with Crippen molar-refractivity contribution in [2.24, 2.45) is 0 Å². The number of likely N-dealkylation sites (tertiary alicyclic amines) is 1. The van der Waals surface area contributed by atoms with Gasteiger partial charge < -0.3 is 24.4 Å². The summed E-state index contributed by atoms with van der Waals surface area (Å²) in [5, 5.41) is 2.77. The molecule has 1 fully saturated rings. The Balaban J connectivity index is 1.34. The first-order valence-electron chi connectivity index (χ1n) is 8.73. The van der Waals surface area contributed by atoms with Crippen molar-refractivity contribution >= 4 is 11.8 Å². The molecule has 1 aromatic rings. The van der Waals surface area contributed by atoms with E-state index in [0.29, 0.717) is 18.0 Å². The second kappa shape index (κ2) is 8.71. The Kier molecular flexibility index (Phi) is 6.11. The number of carbonyl (C=O) groups excluding carboxylic acids is 2. The first-order valence-corrected chi connectivity index (χ1v) is 8.73. The molecule has 136 valence electrons. The van der Waals surface area contributed by atoms with Crippen molar-refractivity contribution in [3.8, 4) is 11.5 Å². The highest BCUT2D eigenvalue weighted by molar-refractivity contribution is 5.79. The normalized spacial score (nSPS) is 16.4. The molecule has 1 N–H and O–H groups in total. The fourth-order valence-electron chi connectivity index (χ4n) is 2.94. The summed E-state index contributed by atoms with van der Waals surface area (Å²) in [6, 6.07) is 5.53. The summed E-state index contributed by atoms with van der Waals surface area (Å²) >= 11 is 0. The molecule has 7 nitrogen and oxygen atoms in total. The number of nitrogens with one attached hydrogen (secondary N) is 1. The number of benzene rings is 1. The number of rotatable bonds is 6. The zero-order chi connectivity index (χ0) is 17.5. The summed E-state index contributed by atoms with van der Waals surface area (Å²) in [4.78, 5) is 25.7. The molecule has 7 heteroatoms. The molecule has 0 aromatic heterocycles. The van der Waals surface area contributed by atoms with E-state index in [1.807, 2.05) is 23.1 Å². The largest absolute Gasteiger partial charge is 0.454 e. The second-order valence-electron chi connectivity index (χ2n) is 6.25. The minimum atomic E-state index is -0.249. The maximum atomic E-state index is 12.1. The van der Waals surface area contributed by atoms with E-state index in [0.717, 1.165) is 31.5 Å². The molecule has 0 aliphatic carbocycles. The van der Waals surface area contributed by atoms with Crippen molar-refractivity contribution in [1.29, 1.82) is 0 Å². The third-order valence-electron chi connectivity index (χ3n) is 4.34. The predicted octanol–water partition coefficient (Wildman–Crippen LogP) is 1.45. The molecule has 2 heterocycles. The van der Waals surface area contributed by atoms with Crippen molar-refractivity contribution in [1.82, 2.24) is 10.2 Å². The van der Waals surface area contributed by atoms with Crippen LogP contribution >= 0.6 is 0 Å². The number of hydrogen-bond donors (Lipinski definition) is 1. The molecule has 2 aliphatic rings. The van der Waals surface area contributed by atoms with Crippen LogP contribution in [0.4, 0.5) is 0 Å². The van der Waals surface area contributed by atoms with Crippen molar-refractivity contribution in [2.75, 3.05) is 33.1 Å². The van der Waals surface area contributed by atoms with E-state index in [2.05, 4.69) is 5.32 Å². The Hall–Kier alpha value is -2.28. The van der Waals surface area contributed by atoms with Crippen LogP contribution in [-0.4, -0.2) is 49.8 Å². The fourth-order valence-corrected chi connectivity index (χ4v) is 2.94. The number of amides is 2. The Morgan fingerprint density at radius 2 is 1.80 bits per heavy atom. The second-order valence-corrected chi connectivity index (χ2v) is 6.25. The zero-order valence-corrected chi connectivity index (χ0v) is 14.3. The molecular formula is C18H24N2O5. The van der Waals surface area contributed by atoms with E-state index >= 15 is 0 Å². The lowest BCUT2D eigenvalue weighted by Gasteiger charge is -2.20. The summed E-state index contributed by atoms with van der Waals surface area (Å²) in [7, 11) is 0. The molecule has 1 aromatic carbocycles. The van der Waals surface area contributed by atoms with Gasteiger partial charge in [0.1, 0.15) is 13.2 Å². The summed E-state index contributed by atoms with van der Waals surface area (Å²) in [6.07, 6.45) is 4.43. The number of hydrogen-bond acceptors (Lipinski definition) is 5. The molecule has 0 unspecified atom stereocenters. The van der Waals surface area contributed by atoms with Gasteiger partial charge in [0.2, 0.25) is 18.6 Å². The van der Waals surface area contributed by atoms with E-state index in [1.54, 1.807) is 0 Å². The van der Waals surface area contributed by atoms with Crippen LogP contribution in [0.3, 0.4) is 0 Å². The van der Waals surface area contributed by atoms with Crippen LogP contribution in [0.2, 0.25) is 0 Å². The molecule has 2 aliphatic heterocycles. The van der Waals surface area contributed by atoms with Gasteiger partial charge in [0.05, 0.1) is 0 Å². The van der Waals surface area contributed by atoms with E-state index < -0.39 is 0 Å². The molecule has 3 rings (SSSR count). The van der Waals surface area contributed by atoms with Gasteiger partial charge in [-0.25, -0.2) is 0 Å². The Morgan fingerprint density at radius 3 is 2.60 bits per heavy atom. The van der Waals surface area contributed by atoms with Crippen LogP contribution in [0, 0.1) is 0 Å². The van der Waals surface area contributed by atoms with E-state index in [9.17, 15) is 9.59 Å². The lowest BCUT2D eigenvalue weighted by Crippen LogP contribution is -2.36. The van der Waals surface area contributed by atoms with Crippen LogP contribution in [-0.2, 0) is 20.9 Å². The molecule has 0 saturated carbocycles. The summed E-state index contributed by atoms with van der Waals surface area (Å²) in [5.74, 6) is 1.11. The molecule has 2 amide bonds. The van der Waals surface area contributed by atoms with Crippen LogP contribution in [0.15, 0.2) is 18.2 Å². The minimum Gasteiger partial charge on any atom is -0.454 e. The summed E-state index contributed by atoms with van der Waals surface area (Å²) in [6.45, 7) is 2.02. The molecule has 0 radical (unpaired) electrons. The van der Waals surface area contributed by atoms with Gasteiger partial charge >= 0.3 is 0 Å². The van der Waals surface area contributed by atoms with E-state index in [-0.39, 0.29) is 31.8 Å². The van der Waals surface area contributed by atoms with Crippen LogP contribution in [0.25, 0.3) is 0 Å². The number of carbonyl (C=O) groups is 2. The lowest BCUT2D eigenvalue weighted by molar-refractivity contribution is -0.138. The van der Waals surface area contributed by atoms with Gasteiger partial charge in [-0.15, -0.1) is 0 Å². The van der Waals surface area contributed by atoms with Crippen LogP contribution < -0.4 is 14.8 Å². The monoisotopic (exact) mass is 348 g/mol. The minimum absolute atomic E-state index is 0.0366.